The van der Waals surface area contributed by atoms with Crippen molar-refractivity contribution in [3.63, 3.8) is 0 Å². The van der Waals surface area contributed by atoms with Crippen LogP contribution in [0.5, 0.6) is 5.75 Å². The Kier molecular flexibility index (Phi) is 6.74. The van der Waals surface area contributed by atoms with Crippen molar-refractivity contribution in [1.29, 1.82) is 0 Å². The number of benzene rings is 1. The zero-order chi connectivity index (χ0) is 18.2. The summed E-state index contributed by atoms with van der Waals surface area (Å²) in [5, 5.41) is 7.33. The maximum absolute atomic E-state index is 12.0. The second-order valence-electron chi connectivity index (χ2n) is 5.99. The zero-order valence-electron chi connectivity index (χ0n) is 15.0. The third kappa shape index (κ3) is 5.45. The van der Waals surface area contributed by atoms with E-state index in [4.69, 9.17) is 4.74 Å². The van der Waals surface area contributed by atoms with Crippen LogP contribution in [0.1, 0.15) is 33.1 Å². The number of hydrogen-bond donors (Lipinski definition) is 1. The molecule has 1 atom stereocenters. The summed E-state index contributed by atoms with van der Waals surface area (Å²) in [5.41, 5.74) is 1.40. The summed E-state index contributed by atoms with van der Waals surface area (Å²) in [4.78, 5) is 23.8. The van der Waals surface area contributed by atoms with Gasteiger partial charge in [-0.15, -0.1) is 0 Å². The van der Waals surface area contributed by atoms with Crippen LogP contribution in [0.25, 0.3) is 11.3 Å². The topological polar surface area (TPSA) is 73.2 Å². The Morgan fingerprint density at radius 1 is 1.32 bits per heavy atom. The summed E-state index contributed by atoms with van der Waals surface area (Å²) in [6, 6.07) is 10.9. The average molecular weight is 343 g/mol. The van der Waals surface area contributed by atoms with Gasteiger partial charge in [0.1, 0.15) is 5.75 Å². The van der Waals surface area contributed by atoms with E-state index in [1.54, 1.807) is 13.2 Å². The molecule has 0 radical (unpaired) electrons. The molecule has 134 valence electrons. The van der Waals surface area contributed by atoms with Crippen LogP contribution in [0.3, 0.4) is 0 Å². The first-order valence-corrected chi connectivity index (χ1v) is 8.55. The van der Waals surface area contributed by atoms with E-state index >= 15 is 0 Å². The number of rotatable bonds is 8. The molecule has 2 rings (SSSR count). The lowest BCUT2D eigenvalue weighted by Gasteiger charge is -2.11. The third-order valence-corrected chi connectivity index (χ3v) is 4.03. The standard InChI is InChI=1S/C19H25N3O3/c1-4-14(2)20-18(23)9-6-12-22-19(24)11-10-17(21-22)15-7-5-8-16(13-15)25-3/h5,7-8,10-11,13-14H,4,6,9,12H2,1-3H3,(H,20,23)/t14-/m0/s1. The highest BCUT2D eigenvalue weighted by atomic mass is 16.5. The molecule has 6 nitrogen and oxygen atoms in total. The summed E-state index contributed by atoms with van der Waals surface area (Å²) in [6.07, 6.45) is 1.84. The Balaban J connectivity index is 2.04. The second kappa shape index (κ2) is 9.01. The van der Waals surface area contributed by atoms with E-state index in [2.05, 4.69) is 10.4 Å². The lowest BCUT2D eigenvalue weighted by atomic mass is 10.1. The Bertz CT molecular complexity index is 771. The van der Waals surface area contributed by atoms with Crippen molar-refractivity contribution >= 4 is 5.91 Å². The van der Waals surface area contributed by atoms with Crippen molar-refractivity contribution in [3.8, 4) is 17.0 Å². The van der Waals surface area contributed by atoms with Gasteiger partial charge in [-0.25, -0.2) is 4.68 Å². The molecule has 0 spiro atoms. The van der Waals surface area contributed by atoms with Gasteiger partial charge in [0.15, 0.2) is 0 Å². The molecule has 1 aromatic carbocycles. The molecule has 0 aliphatic carbocycles. The van der Waals surface area contributed by atoms with Gasteiger partial charge in [0.05, 0.1) is 12.8 Å². The van der Waals surface area contributed by atoms with Crippen molar-refractivity contribution in [2.24, 2.45) is 0 Å². The lowest BCUT2D eigenvalue weighted by molar-refractivity contribution is -0.121. The highest BCUT2D eigenvalue weighted by molar-refractivity contribution is 5.76. The number of hydrogen-bond acceptors (Lipinski definition) is 4. The Morgan fingerprint density at radius 2 is 2.12 bits per heavy atom. The Labute approximate surface area is 147 Å². The van der Waals surface area contributed by atoms with Crippen LogP contribution in [0.4, 0.5) is 0 Å². The Morgan fingerprint density at radius 3 is 2.84 bits per heavy atom. The average Bonchev–Trinajstić information content (AvgIpc) is 2.63. The van der Waals surface area contributed by atoms with Crippen molar-refractivity contribution in [2.45, 2.75) is 45.7 Å². The predicted octanol–water partition coefficient (Wildman–Crippen LogP) is 2.61. The van der Waals surface area contributed by atoms with Crippen LogP contribution in [0.2, 0.25) is 0 Å². The normalized spacial score (nSPS) is 11.8. The van der Waals surface area contributed by atoms with Gasteiger partial charge in [-0.05, 0) is 38.0 Å². The molecule has 1 heterocycles. The van der Waals surface area contributed by atoms with Crippen molar-refractivity contribution < 1.29 is 9.53 Å². The van der Waals surface area contributed by atoms with Crippen molar-refractivity contribution in [1.82, 2.24) is 15.1 Å². The van der Waals surface area contributed by atoms with Gasteiger partial charge in [0, 0.05) is 30.6 Å². The fourth-order valence-corrected chi connectivity index (χ4v) is 2.38. The van der Waals surface area contributed by atoms with Gasteiger partial charge < -0.3 is 10.1 Å². The van der Waals surface area contributed by atoms with Crippen LogP contribution < -0.4 is 15.6 Å². The smallest absolute Gasteiger partial charge is 0.266 e. The summed E-state index contributed by atoms with van der Waals surface area (Å²) in [5.74, 6) is 0.741. The third-order valence-electron chi connectivity index (χ3n) is 4.03. The largest absolute Gasteiger partial charge is 0.497 e. The van der Waals surface area contributed by atoms with E-state index in [9.17, 15) is 9.59 Å². The minimum Gasteiger partial charge on any atom is -0.497 e. The maximum Gasteiger partial charge on any atom is 0.266 e. The first kappa shape index (κ1) is 18.7. The van der Waals surface area contributed by atoms with Gasteiger partial charge >= 0.3 is 0 Å². The van der Waals surface area contributed by atoms with Crippen LogP contribution in [-0.4, -0.2) is 28.8 Å². The number of carbonyl (C=O) groups is 1. The van der Waals surface area contributed by atoms with Crippen LogP contribution in [0.15, 0.2) is 41.2 Å². The summed E-state index contributed by atoms with van der Waals surface area (Å²) in [6.45, 7) is 4.41. The molecule has 1 N–H and O–H groups in total. The predicted molar refractivity (Wildman–Crippen MR) is 97.6 cm³/mol. The quantitative estimate of drug-likeness (QED) is 0.800. The molecular formula is C19H25N3O3. The fourth-order valence-electron chi connectivity index (χ4n) is 2.38. The SMILES string of the molecule is CC[C@H](C)NC(=O)CCCn1nc(-c2cccc(OC)c2)ccc1=O. The molecule has 0 saturated heterocycles. The lowest BCUT2D eigenvalue weighted by Crippen LogP contribution is -2.32. The molecule has 25 heavy (non-hydrogen) atoms. The van der Waals surface area contributed by atoms with E-state index in [-0.39, 0.29) is 17.5 Å². The number of aryl methyl sites for hydroxylation is 1. The number of amides is 1. The van der Waals surface area contributed by atoms with Gasteiger partial charge in [-0.3, -0.25) is 9.59 Å². The second-order valence-corrected chi connectivity index (χ2v) is 5.99. The summed E-state index contributed by atoms with van der Waals surface area (Å²) in [7, 11) is 1.61. The summed E-state index contributed by atoms with van der Waals surface area (Å²) >= 11 is 0. The van der Waals surface area contributed by atoms with Crippen LogP contribution >= 0.6 is 0 Å². The maximum atomic E-state index is 12.0. The highest BCUT2D eigenvalue weighted by Gasteiger charge is 2.08. The summed E-state index contributed by atoms with van der Waals surface area (Å²) < 4.78 is 6.63. The van der Waals surface area contributed by atoms with Crippen molar-refractivity contribution in [2.75, 3.05) is 7.11 Å². The molecule has 0 saturated carbocycles. The van der Waals surface area contributed by atoms with Gasteiger partial charge in [0.2, 0.25) is 5.91 Å². The number of ether oxygens (including phenoxy) is 1. The molecule has 0 bridgehead atoms. The molecule has 0 fully saturated rings. The molecule has 1 amide bonds. The van der Waals surface area contributed by atoms with E-state index < -0.39 is 0 Å². The minimum absolute atomic E-state index is 0.00588. The number of aromatic nitrogens is 2. The molecule has 1 aromatic heterocycles. The van der Waals surface area contributed by atoms with Gasteiger partial charge in [-0.1, -0.05) is 19.1 Å². The van der Waals surface area contributed by atoms with E-state index in [0.29, 0.717) is 25.1 Å². The molecule has 0 aliphatic rings. The van der Waals surface area contributed by atoms with Crippen molar-refractivity contribution in [3.05, 3.63) is 46.8 Å². The van der Waals surface area contributed by atoms with E-state index in [0.717, 1.165) is 17.7 Å². The number of nitrogens with one attached hydrogen (secondary N) is 1. The zero-order valence-corrected chi connectivity index (χ0v) is 15.0. The molecule has 0 aliphatic heterocycles. The monoisotopic (exact) mass is 343 g/mol. The number of carbonyl (C=O) groups excluding carboxylic acids is 1. The molecular weight excluding hydrogens is 318 g/mol. The minimum atomic E-state index is -0.172. The molecule has 2 aromatic rings. The van der Waals surface area contributed by atoms with Gasteiger partial charge in [-0.2, -0.15) is 5.10 Å². The number of nitrogens with zero attached hydrogens (tertiary/aromatic N) is 2. The first-order valence-electron chi connectivity index (χ1n) is 8.55. The molecule has 0 unspecified atom stereocenters. The van der Waals surface area contributed by atoms with Crippen LogP contribution in [-0.2, 0) is 11.3 Å². The molecule has 6 heteroatoms. The first-order chi connectivity index (χ1) is 12.0. The highest BCUT2D eigenvalue weighted by Crippen LogP contribution is 2.21. The number of methoxy groups -OCH3 is 1. The van der Waals surface area contributed by atoms with E-state index in [1.165, 1.54) is 10.7 Å². The fraction of sp³-hybridized carbons (Fsp3) is 0.421. The Hall–Kier alpha value is -2.63. The van der Waals surface area contributed by atoms with Gasteiger partial charge in [0.25, 0.3) is 5.56 Å². The van der Waals surface area contributed by atoms with E-state index in [1.807, 2.05) is 38.1 Å². The van der Waals surface area contributed by atoms with Crippen LogP contribution in [0, 0.1) is 0 Å².